The van der Waals surface area contributed by atoms with Crippen LogP contribution in [-0.4, -0.2) is 25.5 Å². The van der Waals surface area contributed by atoms with Crippen molar-refractivity contribution in [2.75, 3.05) is 13.7 Å². The van der Waals surface area contributed by atoms with Crippen LogP contribution in [-0.2, 0) is 25.7 Å². The Morgan fingerprint density at radius 2 is 1.64 bits per heavy atom. The number of hydrogen-bond acceptors (Lipinski definition) is 4. The smallest absolute Gasteiger partial charge is 0.313 e. The quantitative estimate of drug-likeness (QED) is 0.336. The van der Waals surface area contributed by atoms with Crippen molar-refractivity contribution < 1.29 is 19.1 Å². The van der Waals surface area contributed by atoms with Crippen LogP contribution < -0.4 is 0 Å². The molecule has 1 aromatic rings. The van der Waals surface area contributed by atoms with Gasteiger partial charge in [-0.2, -0.15) is 0 Å². The van der Waals surface area contributed by atoms with Gasteiger partial charge >= 0.3 is 5.97 Å². The number of unbranched alkanes of at least 4 members (excludes halogenated alkanes) is 4. The van der Waals surface area contributed by atoms with Crippen LogP contribution in [0.1, 0.15) is 50.5 Å². The molecule has 0 heterocycles. The number of benzene rings is 1. The lowest BCUT2D eigenvalue weighted by molar-refractivity contribution is -0.143. The summed E-state index contributed by atoms with van der Waals surface area (Å²) < 4.78 is 10.1. The van der Waals surface area contributed by atoms with E-state index in [-0.39, 0.29) is 12.2 Å². The molecular formula is C18H26O4. The van der Waals surface area contributed by atoms with Crippen molar-refractivity contribution in [1.82, 2.24) is 0 Å². The summed E-state index contributed by atoms with van der Waals surface area (Å²) in [6.45, 7) is 1.44. The molecule has 22 heavy (non-hydrogen) atoms. The number of esters is 1. The van der Waals surface area contributed by atoms with E-state index in [0.717, 1.165) is 38.7 Å². The monoisotopic (exact) mass is 306 g/mol. The standard InChI is InChI=1S/C18H26O4/c1-21-18(20)14-17(19)12-8-3-2-4-9-13-22-15-16-10-6-5-7-11-16/h5-7,10-11H,2-4,8-9,12-15H2,1H3. The van der Waals surface area contributed by atoms with Gasteiger partial charge in [0.05, 0.1) is 13.7 Å². The predicted octanol–water partition coefficient (Wildman–Crippen LogP) is 3.68. The second-order valence-corrected chi connectivity index (χ2v) is 5.35. The lowest BCUT2D eigenvalue weighted by Gasteiger charge is -2.04. The van der Waals surface area contributed by atoms with Gasteiger partial charge in [-0.1, -0.05) is 49.6 Å². The zero-order valence-corrected chi connectivity index (χ0v) is 13.4. The number of ether oxygens (including phenoxy) is 2. The van der Waals surface area contributed by atoms with Gasteiger partial charge in [-0.15, -0.1) is 0 Å². The molecule has 0 amide bonds. The molecule has 0 N–H and O–H groups in total. The molecule has 0 saturated heterocycles. The second kappa shape index (κ2) is 11.9. The molecule has 4 heteroatoms. The van der Waals surface area contributed by atoms with E-state index in [0.29, 0.717) is 13.0 Å². The highest BCUT2D eigenvalue weighted by molar-refractivity contribution is 5.95. The summed E-state index contributed by atoms with van der Waals surface area (Å²) in [5.74, 6) is -0.474. The molecule has 0 fully saturated rings. The van der Waals surface area contributed by atoms with E-state index in [2.05, 4.69) is 16.9 Å². The average Bonchev–Trinajstić information content (AvgIpc) is 2.54. The van der Waals surface area contributed by atoms with E-state index in [1.165, 1.54) is 12.7 Å². The summed E-state index contributed by atoms with van der Waals surface area (Å²) in [4.78, 5) is 22.3. The van der Waals surface area contributed by atoms with Crippen molar-refractivity contribution >= 4 is 11.8 Å². The van der Waals surface area contributed by atoms with E-state index in [1.54, 1.807) is 0 Å². The highest BCUT2D eigenvalue weighted by atomic mass is 16.5. The Kier molecular flexibility index (Phi) is 9.96. The van der Waals surface area contributed by atoms with Crippen molar-refractivity contribution in [3.8, 4) is 0 Å². The summed E-state index contributed by atoms with van der Waals surface area (Å²) in [6.07, 6.45) is 5.50. The van der Waals surface area contributed by atoms with Gasteiger partial charge in [-0.05, 0) is 18.4 Å². The van der Waals surface area contributed by atoms with Crippen molar-refractivity contribution in [2.45, 2.75) is 51.6 Å². The molecule has 0 aliphatic carbocycles. The number of hydrogen-bond donors (Lipinski definition) is 0. The molecule has 0 unspecified atom stereocenters. The molecule has 1 aromatic carbocycles. The zero-order valence-electron chi connectivity index (χ0n) is 13.4. The van der Waals surface area contributed by atoms with Crippen LogP contribution in [0.5, 0.6) is 0 Å². The van der Waals surface area contributed by atoms with Gasteiger partial charge in [0.15, 0.2) is 0 Å². The Labute approximate surface area is 132 Å². The lowest BCUT2D eigenvalue weighted by atomic mass is 10.1. The van der Waals surface area contributed by atoms with Crippen LogP contribution in [0.15, 0.2) is 30.3 Å². The van der Waals surface area contributed by atoms with Crippen LogP contribution in [0.3, 0.4) is 0 Å². The fraction of sp³-hybridized carbons (Fsp3) is 0.556. The van der Waals surface area contributed by atoms with Gasteiger partial charge in [0.1, 0.15) is 12.2 Å². The van der Waals surface area contributed by atoms with Crippen LogP contribution in [0.25, 0.3) is 0 Å². The second-order valence-electron chi connectivity index (χ2n) is 5.35. The fourth-order valence-electron chi connectivity index (χ4n) is 2.14. The highest BCUT2D eigenvalue weighted by Gasteiger charge is 2.08. The van der Waals surface area contributed by atoms with E-state index >= 15 is 0 Å². The molecular weight excluding hydrogens is 280 g/mol. The Morgan fingerprint density at radius 3 is 2.36 bits per heavy atom. The van der Waals surface area contributed by atoms with Gasteiger partial charge in [-0.3, -0.25) is 9.59 Å². The molecule has 0 aliphatic heterocycles. The van der Waals surface area contributed by atoms with Gasteiger partial charge in [0, 0.05) is 13.0 Å². The van der Waals surface area contributed by atoms with Gasteiger partial charge in [0.25, 0.3) is 0 Å². The molecule has 122 valence electrons. The van der Waals surface area contributed by atoms with Gasteiger partial charge in [-0.25, -0.2) is 0 Å². The summed E-state index contributed by atoms with van der Waals surface area (Å²) in [5, 5.41) is 0. The fourth-order valence-corrected chi connectivity index (χ4v) is 2.14. The summed E-state index contributed by atoms with van der Waals surface area (Å²) >= 11 is 0. The van der Waals surface area contributed by atoms with E-state index in [9.17, 15) is 9.59 Å². The SMILES string of the molecule is COC(=O)CC(=O)CCCCCCCOCc1ccccc1. The van der Waals surface area contributed by atoms with E-state index < -0.39 is 5.97 Å². The van der Waals surface area contributed by atoms with Gasteiger partial charge in [0.2, 0.25) is 0 Å². The van der Waals surface area contributed by atoms with Crippen LogP contribution in [0.2, 0.25) is 0 Å². The third-order valence-corrected chi connectivity index (χ3v) is 3.43. The van der Waals surface area contributed by atoms with Crippen molar-refractivity contribution in [1.29, 1.82) is 0 Å². The van der Waals surface area contributed by atoms with Crippen molar-refractivity contribution in [3.05, 3.63) is 35.9 Å². The first-order valence-corrected chi connectivity index (χ1v) is 7.92. The molecule has 0 aromatic heterocycles. The molecule has 1 rings (SSSR count). The topological polar surface area (TPSA) is 52.6 Å². The Balaban J connectivity index is 1.87. The summed E-state index contributed by atoms with van der Waals surface area (Å²) in [6, 6.07) is 10.1. The van der Waals surface area contributed by atoms with E-state index in [1.807, 2.05) is 18.2 Å². The molecule has 4 nitrogen and oxygen atoms in total. The van der Waals surface area contributed by atoms with Crippen LogP contribution >= 0.6 is 0 Å². The Bertz CT molecular complexity index is 428. The minimum absolute atomic E-state index is 0.0296. The number of ketones is 1. The minimum atomic E-state index is -0.444. The Hall–Kier alpha value is -1.68. The largest absolute Gasteiger partial charge is 0.469 e. The predicted molar refractivity (Wildman–Crippen MR) is 85.4 cm³/mol. The highest BCUT2D eigenvalue weighted by Crippen LogP contribution is 2.08. The number of methoxy groups -OCH3 is 1. The minimum Gasteiger partial charge on any atom is -0.469 e. The first-order chi connectivity index (χ1) is 10.7. The first-order valence-electron chi connectivity index (χ1n) is 7.92. The van der Waals surface area contributed by atoms with Crippen LogP contribution in [0.4, 0.5) is 0 Å². The number of Topliss-reactive ketones (excluding diaryl/α,β-unsaturated/α-hetero) is 1. The summed E-state index contributed by atoms with van der Waals surface area (Å²) in [7, 11) is 1.30. The molecule has 0 atom stereocenters. The number of rotatable bonds is 12. The molecule has 0 saturated carbocycles. The average molecular weight is 306 g/mol. The number of carbonyl (C=O) groups excluding carboxylic acids is 2. The zero-order chi connectivity index (χ0) is 16.0. The third-order valence-electron chi connectivity index (χ3n) is 3.43. The first kappa shape index (κ1) is 18.4. The van der Waals surface area contributed by atoms with Crippen molar-refractivity contribution in [3.63, 3.8) is 0 Å². The maximum atomic E-state index is 11.4. The maximum Gasteiger partial charge on any atom is 0.313 e. The lowest BCUT2D eigenvalue weighted by Crippen LogP contribution is -2.08. The van der Waals surface area contributed by atoms with Crippen LogP contribution in [0, 0.1) is 0 Å². The van der Waals surface area contributed by atoms with Crippen molar-refractivity contribution in [2.24, 2.45) is 0 Å². The molecule has 0 aliphatic rings. The Morgan fingerprint density at radius 1 is 0.955 bits per heavy atom. The summed E-state index contributed by atoms with van der Waals surface area (Å²) in [5.41, 5.74) is 1.20. The molecule has 0 radical (unpaired) electrons. The van der Waals surface area contributed by atoms with E-state index in [4.69, 9.17) is 4.74 Å². The third kappa shape index (κ3) is 9.29. The number of carbonyl (C=O) groups is 2. The molecule has 0 spiro atoms. The van der Waals surface area contributed by atoms with Gasteiger partial charge < -0.3 is 9.47 Å². The normalized spacial score (nSPS) is 10.4. The maximum absolute atomic E-state index is 11.4. The molecule has 0 bridgehead atoms.